The van der Waals surface area contributed by atoms with Crippen molar-refractivity contribution in [2.24, 2.45) is 0 Å². The van der Waals surface area contributed by atoms with Crippen LogP contribution in [0.4, 0.5) is 17.6 Å². The van der Waals surface area contributed by atoms with Crippen LogP contribution in [0.5, 0.6) is 0 Å². The molecule has 0 saturated carbocycles. The third kappa shape index (κ3) is 5.33. The van der Waals surface area contributed by atoms with E-state index in [2.05, 4.69) is 19.9 Å². The minimum Gasteiger partial charge on any atom is -0.231 e. The zero-order valence-corrected chi connectivity index (χ0v) is 19.5. The number of nitrogens with zero attached hydrogens (tertiary/aromatic N) is 4. The molecule has 0 N–H and O–H groups in total. The molecular formula is C18H14F4I2N4. The second-order valence-corrected chi connectivity index (χ2v) is 7.99. The van der Waals surface area contributed by atoms with Crippen molar-refractivity contribution in [2.75, 3.05) is 0 Å². The largest absolute Gasteiger partial charge is 0.231 e. The fourth-order valence-electron chi connectivity index (χ4n) is 2.23. The normalized spacial score (nSPS) is 10.5. The summed E-state index contributed by atoms with van der Waals surface area (Å²) in [5.41, 5.74) is 3.74. The molecule has 0 unspecified atom stereocenters. The van der Waals surface area contributed by atoms with E-state index in [4.69, 9.17) is 0 Å². The summed E-state index contributed by atoms with van der Waals surface area (Å²) < 4.78 is 49.2. The summed E-state index contributed by atoms with van der Waals surface area (Å²) in [6, 6.07) is 3.87. The third-order valence-corrected chi connectivity index (χ3v) is 5.22. The zero-order chi connectivity index (χ0) is 21.2. The Morgan fingerprint density at radius 2 is 0.750 bits per heavy atom. The van der Waals surface area contributed by atoms with E-state index in [-0.39, 0.29) is 0 Å². The van der Waals surface area contributed by atoms with Crippen molar-refractivity contribution in [1.82, 2.24) is 19.9 Å². The maximum atomic E-state index is 12.6. The molecule has 0 aliphatic carbocycles. The fraction of sp³-hybridized carbons (Fsp3) is 0.222. The van der Waals surface area contributed by atoms with Crippen LogP contribution in [0, 0.1) is 58.1 Å². The number of aromatic nitrogens is 4. The van der Waals surface area contributed by atoms with E-state index in [1.807, 2.05) is 39.8 Å². The van der Waals surface area contributed by atoms with Crippen LogP contribution in [-0.2, 0) is 0 Å². The van der Waals surface area contributed by atoms with E-state index in [0.717, 1.165) is 22.8 Å². The Labute approximate surface area is 186 Å². The van der Waals surface area contributed by atoms with Crippen molar-refractivity contribution >= 4 is 45.2 Å². The third-order valence-electron chi connectivity index (χ3n) is 3.32. The number of rotatable bonds is 1. The van der Waals surface area contributed by atoms with Crippen LogP contribution < -0.4 is 0 Å². The van der Waals surface area contributed by atoms with Crippen LogP contribution in [0.15, 0.2) is 12.1 Å². The highest BCUT2D eigenvalue weighted by molar-refractivity contribution is 14.1. The highest BCUT2D eigenvalue weighted by atomic mass is 127. The van der Waals surface area contributed by atoms with Crippen LogP contribution in [-0.4, -0.2) is 19.9 Å². The Morgan fingerprint density at radius 1 is 0.536 bits per heavy atom. The number of hydrogen-bond donors (Lipinski definition) is 0. The smallest absolute Gasteiger partial charge is 0.198 e. The Balaban J connectivity index is 0.000000209. The quantitative estimate of drug-likeness (QED) is 0.154. The van der Waals surface area contributed by atoms with Crippen LogP contribution in [0.2, 0.25) is 0 Å². The zero-order valence-electron chi connectivity index (χ0n) is 15.2. The molecule has 0 aliphatic heterocycles. The van der Waals surface area contributed by atoms with Crippen molar-refractivity contribution in [3.63, 3.8) is 0 Å². The Bertz CT molecular complexity index is 850. The molecule has 0 saturated heterocycles. The lowest BCUT2D eigenvalue weighted by atomic mass is 10.3. The van der Waals surface area contributed by atoms with E-state index in [9.17, 15) is 17.6 Å². The number of hydrogen-bond acceptors (Lipinski definition) is 4. The second kappa shape index (κ2) is 9.37. The van der Waals surface area contributed by atoms with E-state index >= 15 is 0 Å². The molecule has 3 aromatic rings. The first-order chi connectivity index (χ1) is 13.0. The van der Waals surface area contributed by atoms with Crippen LogP contribution >= 0.6 is 45.2 Å². The van der Waals surface area contributed by atoms with E-state index in [1.54, 1.807) is 0 Å². The maximum absolute atomic E-state index is 12.6. The van der Waals surface area contributed by atoms with Gasteiger partial charge in [-0.2, -0.15) is 0 Å². The van der Waals surface area contributed by atoms with Gasteiger partial charge in [-0.1, -0.05) is 0 Å². The molecule has 28 heavy (non-hydrogen) atoms. The average Bonchev–Trinajstić information content (AvgIpc) is 2.62. The van der Waals surface area contributed by atoms with Gasteiger partial charge in [0.15, 0.2) is 34.9 Å². The van der Waals surface area contributed by atoms with E-state index < -0.39 is 30.4 Å². The molecule has 0 bridgehead atoms. The number of aryl methyl sites for hydroxylation is 4. The maximum Gasteiger partial charge on any atom is 0.198 e. The van der Waals surface area contributed by atoms with Gasteiger partial charge in [0.1, 0.15) is 0 Å². The highest BCUT2D eigenvalue weighted by Crippen LogP contribution is 2.26. The number of benzene rings is 1. The standard InChI is InChI=1S/C12H14N4.C6F4I2/c1-7-5-8(2)14-11(13-7)12-15-9(3)6-10(4)16-12;7-1-2(8)6(12)4(10)3(9)5(1)11/h5-6H,1-4H3;. The molecule has 0 fully saturated rings. The molecule has 0 aliphatic rings. The summed E-state index contributed by atoms with van der Waals surface area (Å²) in [6.45, 7) is 7.78. The molecule has 1 aromatic carbocycles. The van der Waals surface area contributed by atoms with Gasteiger partial charge in [0.05, 0.1) is 7.14 Å². The molecule has 3 rings (SSSR count). The van der Waals surface area contributed by atoms with Crippen molar-refractivity contribution in [2.45, 2.75) is 27.7 Å². The summed E-state index contributed by atoms with van der Waals surface area (Å²) in [5, 5.41) is 0. The molecular weight excluding hydrogens is 602 g/mol. The van der Waals surface area contributed by atoms with Gasteiger partial charge in [-0.15, -0.1) is 0 Å². The van der Waals surface area contributed by atoms with Gasteiger partial charge in [-0.25, -0.2) is 37.5 Å². The van der Waals surface area contributed by atoms with Gasteiger partial charge in [-0.3, -0.25) is 0 Å². The average molecular weight is 616 g/mol. The summed E-state index contributed by atoms with van der Waals surface area (Å²) in [7, 11) is 0. The molecule has 0 radical (unpaired) electrons. The lowest BCUT2D eigenvalue weighted by Crippen LogP contribution is -2.02. The van der Waals surface area contributed by atoms with Gasteiger partial charge in [-0.05, 0) is 85.0 Å². The summed E-state index contributed by atoms with van der Waals surface area (Å²) in [5.74, 6) is -4.19. The van der Waals surface area contributed by atoms with Gasteiger partial charge in [0.2, 0.25) is 0 Å². The molecule has 2 heterocycles. The molecule has 148 valence electrons. The van der Waals surface area contributed by atoms with E-state index in [0.29, 0.717) is 11.6 Å². The Kier molecular flexibility index (Phi) is 7.65. The minimum absolute atomic E-state index is 0.601. The first-order valence-corrected chi connectivity index (χ1v) is 9.98. The summed E-state index contributed by atoms with van der Waals surface area (Å²) >= 11 is 2.41. The summed E-state index contributed by atoms with van der Waals surface area (Å²) in [4.78, 5) is 17.4. The lowest BCUT2D eigenvalue weighted by Gasteiger charge is -2.03. The SMILES string of the molecule is Cc1cc(C)nc(-c2nc(C)cc(C)n2)n1.Fc1c(F)c(I)c(F)c(F)c1I. The number of halogens is 6. The Hall–Kier alpha value is -1.44. The molecule has 10 heteroatoms. The first kappa shape index (κ1) is 22.8. The summed E-state index contributed by atoms with van der Waals surface area (Å²) in [6.07, 6.45) is 0. The highest BCUT2D eigenvalue weighted by Gasteiger charge is 2.21. The Morgan fingerprint density at radius 3 is 0.964 bits per heavy atom. The van der Waals surface area contributed by atoms with Crippen LogP contribution in [0.25, 0.3) is 11.6 Å². The van der Waals surface area contributed by atoms with Crippen LogP contribution in [0.3, 0.4) is 0 Å². The van der Waals surface area contributed by atoms with Crippen molar-refractivity contribution < 1.29 is 17.6 Å². The monoisotopic (exact) mass is 616 g/mol. The lowest BCUT2D eigenvalue weighted by molar-refractivity contribution is 0.437. The molecule has 4 nitrogen and oxygen atoms in total. The van der Waals surface area contributed by atoms with Gasteiger partial charge < -0.3 is 0 Å². The first-order valence-electron chi connectivity index (χ1n) is 7.83. The van der Waals surface area contributed by atoms with Gasteiger partial charge in [0.25, 0.3) is 0 Å². The fourth-order valence-corrected chi connectivity index (χ4v) is 3.18. The molecule has 2 aromatic heterocycles. The second-order valence-electron chi connectivity index (χ2n) is 5.83. The van der Waals surface area contributed by atoms with Gasteiger partial charge >= 0.3 is 0 Å². The molecule has 0 amide bonds. The molecule has 0 spiro atoms. The van der Waals surface area contributed by atoms with E-state index in [1.165, 1.54) is 45.2 Å². The van der Waals surface area contributed by atoms with Crippen molar-refractivity contribution in [3.05, 3.63) is 65.3 Å². The molecule has 0 atom stereocenters. The van der Waals surface area contributed by atoms with Gasteiger partial charge in [0, 0.05) is 22.8 Å². The van der Waals surface area contributed by atoms with Crippen molar-refractivity contribution in [3.8, 4) is 11.6 Å². The van der Waals surface area contributed by atoms with Crippen LogP contribution in [0.1, 0.15) is 22.8 Å². The minimum atomic E-state index is -1.35. The topological polar surface area (TPSA) is 51.6 Å². The predicted octanol–water partition coefficient (Wildman–Crippen LogP) is 5.62. The predicted molar refractivity (Wildman–Crippen MR) is 114 cm³/mol. The van der Waals surface area contributed by atoms with Crippen molar-refractivity contribution in [1.29, 1.82) is 0 Å².